The van der Waals surface area contributed by atoms with Gasteiger partial charge in [-0.1, -0.05) is 12.1 Å². The van der Waals surface area contributed by atoms with Crippen molar-refractivity contribution in [1.29, 1.82) is 0 Å². The van der Waals surface area contributed by atoms with E-state index < -0.39 is 0 Å². The van der Waals surface area contributed by atoms with E-state index in [9.17, 15) is 9.59 Å². The summed E-state index contributed by atoms with van der Waals surface area (Å²) in [6.07, 6.45) is 4.07. The maximum atomic E-state index is 13.2. The molecule has 0 aliphatic rings. The molecule has 0 fully saturated rings. The molecule has 228 valence electrons. The van der Waals surface area contributed by atoms with Gasteiger partial charge in [-0.25, -0.2) is 0 Å². The molecule has 2 rings (SSSR count). The van der Waals surface area contributed by atoms with E-state index in [2.05, 4.69) is 0 Å². The van der Waals surface area contributed by atoms with Crippen LogP contribution in [0, 0.1) is 0 Å². The van der Waals surface area contributed by atoms with Crippen molar-refractivity contribution in [3.05, 3.63) is 47.5 Å². The minimum absolute atomic E-state index is 0.0709. The van der Waals surface area contributed by atoms with Crippen LogP contribution in [0.25, 0.3) is 0 Å². The van der Waals surface area contributed by atoms with Crippen LogP contribution in [0.15, 0.2) is 36.4 Å². The molecular formula is C31H48N4O6. The molecule has 0 atom stereocenters. The van der Waals surface area contributed by atoms with E-state index in [-0.39, 0.29) is 11.8 Å². The van der Waals surface area contributed by atoms with Gasteiger partial charge >= 0.3 is 0 Å². The highest BCUT2D eigenvalue weighted by molar-refractivity contribution is 5.77. The topological polar surface area (TPSA) is 130 Å². The molecular weight excluding hydrogens is 524 g/mol. The number of hydrogen-bond acceptors (Lipinski definition) is 8. The molecule has 10 heteroatoms. The van der Waals surface area contributed by atoms with E-state index in [4.69, 9.17) is 30.4 Å². The summed E-state index contributed by atoms with van der Waals surface area (Å²) in [6.45, 7) is 3.34. The third-order valence-electron chi connectivity index (χ3n) is 6.98. The number of nitrogens with two attached hydrogens (primary N) is 2. The number of aryl methyl sites for hydroxylation is 2. The summed E-state index contributed by atoms with van der Waals surface area (Å²) in [5, 5.41) is 0. The van der Waals surface area contributed by atoms with Gasteiger partial charge in [-0.3, -0.25) is 9.59 Å². The van der Waals surface area contributed by atoms with Crippen molar-refractivity contribution in [2.45, 2.75) is 44.9 Å². The summed E-state index contributed by atoms with van der Waals surface area (Å²) >= 11 is 0. The lowest BCUT2D eigenvalue weighted by Crippen LogP contribution is -2.38. The molecule has 41 heavy (non-hydrogen) atoms. The Hall–Kier alpha value is -3.50. The third kappa shape index (κ3) is 11.1. The summed E-state index contributed by atoms with van der Waals surface area (Å²) < 4.78 is 21.4. The van der Waals surface area contributed by atoms with E-state index >= 15 is 0 Å². The van der Waals surface area contributed by atoms with Crippen molar-refractivity contribution in [1.82, 2.24) is 9.80 Å². The normalized spacial score (nSPS) is 10.7. The molecule has 0 saturated heterocycles. The first-order valence-electron chi connectivity index (χ1n) is 14.3. The van der Waals surface area contributed by atoms with Crippen molar-refractivity contribution in [3.8, 4) is 23.0 Å². The summed E-state index contributed by atoms with van der Waals surface area (Å²) in [5.74, 6) is 2.74. The Morgan fingerprint density at radius 1 is 0.585 bits per heavy atom. The summed E-state index contributed by atoms with van der Waals surface area (Å²) in [6, 6.07) is 11.4. The standard InChI is InChI=1S/C31H48N4O6/c1-38-26-12-8-24(22-28(26)40-3)10-14-30(36)34(18-5-16-32)20-7-21-35(19-6-17-33)31(37)15-11-25-9-13-27(39-2)29(23-25)41-4/h8-9,12-13,22-23H,5-7,10-11,14-21,32-33H2,1-4H3. The van der Waals surface area contributed by atoms with Crippen molar-refractivity contribution in [2.24, 2.45) is 11.5 Å². The van der Waals surface area contributed by atoms with Gasteiger partial charge in [0.2, 0.25) is 11.8 Å². The predicted molar refractivity (Wildman–Crippen MR) is 161 cm³/mol. The molecule has 2 amide bonds. The van der Waals surface area contributed by atoms with E-state index in [1.54, 1.807) is 28.4 Å². The highest BCUT2D eigenvalue weighted by Gasteiger charge is 2.17. The lowest BCUT2D eigenvalue weighted by Gasteiger charge is -2.26. The first-order valence-corrected chi connectivity index (χ1v) is 14.3. The number of nitrogens with zero attached hydrogens (tertiary/aromatic N) is 2. The van der Waals surface area contributed by atoms with Crippen LogP contribution in [0.5, 0.6) is 23.0 Å². The second-order valence-electron chi connectivity index (χ2n) is 9.78. The van der Waals surface area contributed by atoms with Crippen molar-refractivity contribution in [3.63, 3.8) is 0 Å². The van der Waals surface area contributed by atoms with Gasteiger partial charge in [0.1, 0.15) is 0 Å². The number of ether oxygens (including phenoxy) is 4. The molecule has 2 aromatic carbocycles. The summed E-state index contributed by atoms with van der Waals surface area (Å²) in [4.78, 5) is 30.0. The molecule has 0 bridgehead atoms. The van der Waals surface area contributed by atoms with Crippen LogP contribution in [-0.4, -0.2) is 89.3 Å². The molecule has 0 heterocycles. The van der Waals surface area contributed by atoms with Crippen LogP contribution in [0.1, 0.15) is 43.2 Å². The fraction of sp³-hybridized carbons (Fsp3) is 0.548. The molecule has 0 aliphatic heterocycles. The minimum Gasteiger partial charge on any atom is -0.493 e. The van der Waals surface area contributed by atoms with Gasteiger partial charge in [-0.15, -0.1) is 0 Å². The van der Waals surface area contributed by atoms with Gasteiger partial charge in [-0.05, 0) is 80.6 Å². The Labute approximate surface area is 244 Å². The van der Waals surface area contributed by atoms with E-state index in [1.807, 2.05) is 46.2 Å². The summed E-state index contributed by atoms with van der Waals surface area (Å²) in [7, 11) is 6.39. The molecule has 2 aromatic rings. The quantitative estimate of drug-likeness (QED) is 0.248. The molecule has 4 N–H and O–H groups in total. The third-order valence-corrected chi connectivity index (χ3v) is 6.98. The molecule has 0 unspecified atom stereocenters. The van der Waals surface area contributed by atoms with Crippen LogP contribution in [0.4, 0.5) is 0 Å². The zero-order valence-electron chi connectivity index (χ0n) is 25.2. The zero-order chi connectivity index (χ0) is 30.0. The predicted octanol–water partition coefficient (Wildman–Crippen LogP) is 3.03. The number of carbonyl (C=O) groups is 2. The molecule has 0 spiro atoms. The SMILES string of the molecule is COc1ccc(CCC(=O)N(CCCN)CCCN(CCCN)C(=O)CCc2ccc(OC)c(OC)c2)cc1OC. The number of hydrogen-bond donors (Lipinski definition) is 2. The van der Waals surface area contributed by atoms with Gasteiger partial charge < -0.3 is 40.2 Å². The minimum atomic E-state index is 0.0709. The average molecular weight is 573 g/mol. The average Bonchev–Trinajstić information content (AvgIpc) is 3.01. The first-order chi connectivity index (χ1) is 19.9. The monoisotopic (exact) mass is 572 g/mol. The zero-order valence-corrected chi connectivity index (χ0v) is 25.2. The van der Waals surface area contributed by atoms with Crippen LogP contribution in [0.2, 0.25) is 0 Å². The van der Waals surface area contributed by atoms with Gasteiger partial charge in [0.15, 0.2) is 23.0 Å². The highest BCUT2D eigenvalue weighted by Crippen LogP contribution is 2.29. The smallest absolute Gasteiger partial charge is 0.222 e. The second-order valence-corrected chi connectivity index (χ2v) is 9.78. The van der Waals surface area contributed by atoms with Crippen LogP contribution >= 0.6 is 0 Å². The number of carbonyl (C=O) groups excluding carboxylic acids is 2. The Balaban J connectivity index is 1.95. The van der Waals surface area contributed by atoms with Crippen molar-refractivity contribution < 1.29 is 28.5 Å². The summed E-state index contributed by atoms with van der Waals surface area (Å²) in [5.41, 5.74) is 13.5. The van der Waals surface area contributed by atoms with Crippen LogP contribution in [0.3, 0.4) is 0 Å². The number of benzene rings is 2. The van der Waals surface area contributed by atoms with E-state index in [1.165, 1.54) is 0 Å². The Morgan fingerprint density at radius 2 is 0.951 bits per heavy atom. The molecule has 0 radical (unpaired) electrons. The van der Waals surface area contributed by atoms with Crippen LogP contribution < -0.4 is 30.4 Å². The van der Waals surface area contributed by atoms with Gasteiger partial charge in [0.25, 0.3) is 0 Å². The lowest BCUT2D eigenvalue weighted by atomic mass is 10.1. The van der Waals surface area contributed by atoms with E-state index in [0.29, 0.717) is 94.4 Å². The van der Waals surface area contributed by atoms with Gasteiger partial charge in [0.05, 0.1) is 28.4 Å². The molecule has 0 aromatic heterocycles. The lowest BCUT2D eigenvalue weighted by molar-refractivity contribution is -0.132. The Bertz CT molecular complexity index is 997. The molecule has 0 aliphatic carbocycles. The Morgan fingerprint density at radius 3 is 1.29 bits per heavy atom. The van der Waals surface area contributed by atoms with E-state index in [0.717, 1.165) is 24.0 Å². The Kier molecular flexibility index (Phi) is 15.4. The number of methoxy groups -OCH3 is 4. The van der Waals surface area contributed by atoms with Crippen LogP contribution in [-0.2, 0) is 22.4 Å². The van der Waals surface area contributed by atoms with Gasteiger partial charge in [0, 0.05) is 39.0 Å². The molecule has 10 nitrogen and oxygen atoms in total. The fourth-order valence-electron chi connectivity index (χ4n) is 4.63. The largest absolute Gasteiger partial charge is 0.493 e. The number of rotatable bonds is 20. The van der Waals surface area contributed by atoms with Crippen molar-refractivity contribution >= 4 is 11.8 Å². The maximum absolute atomic E-state index is 13.2. The van der Waals surface area contributed by atoms with Gasteiger partial charge in [-0.2, -0.15) is 0 Å². The number of amides is 2. The maximum Gasteiger partial charge on any atom is 0.222 e. The fourth-order valence-corrected chi connectivity index (χ4v) is 4.63. The first kappa shape index (κ1) is 33.7. The highest BCUT2D eigenvalue weighted by atomic mass is 16.5. The second kappa shape index (κ2) is 18.8. The molecule has 0 saturated carbocycles. The van der Waals surface area contributed by atoms with Crippen molar-refractivity contribution in [2.75, 3.05) is 67.7 Å².